The maximum atomic E-state index is 11.2. The third-order valence-electron chi connectivity index (χ3n) is 3.03. The number of fused-ring (bicyclic) bond motifs is 1. The third-order valence-corrected chi connectivity index (χ3v) is 3.03. The van der Waals surface area contributed by atoms with E-state index in [0.717, 1.165) is 24.2 Å². The number of nitrogens with one attached hydrogen (secondary N) is 1. The Morgan fingerprint density at radius 3 is 3.00 bits per heavy atom. The first-order valence-electron chi connectivity index (χ1n) is 5.80. The van der Waals surface area contributed by atoms with Gasteiger partial charge in [0.15, 0.2) is 0 Å². The van der Waals surface area contributed by atoms with E-state index in [1.807, 2.05) is 18.2 Å². The zero-order chi connectivity index (χ0) is 12.5. The molecule has 1 heterocycles. The van der Waals surface area contributed by atoms with Crippen LogP contribution >= 0.6 is 0 Å². The molecule has 0 saturated carbocycles. The SMILES string of the molecule is CC1(C)CCc2cc(CC(=O)NN)ccc2O1. The fourth-order valence-corrected chi connectivity index (χ4v) is 2.06. The lowest BCUT2D eigenvalue weighted by Gasteiger charge is -2.32. The molecule has 0 spiro atoms. The molecule has 2 rings (SSSR count). The summed E-state index contributed by atoms with van der Waals surface area (Å²) in [7, 11) is 0. The zero-order valence-corrected chi connectivity index (χ0v) is 10.2. The van der Waals surface area contributed by atoms with Crippen LogP contribution in [0, 0.1) is 0 Å². The van der Waals surface area contributed by atoms with Gasteiger partial charge in [-0.3, -0.25) is 10.2 Å². The Bertz CT molecular complexity index is 441. The quantitative estimate of drug-likeness (QED) is 0.461. The van der Waals surface area contributed by atoms with E-state index in [4.69, 9.17) is 10.6 Å². The molecule has 17 heavy (non-hydrogen) atoms. The summed E-state index contributed by atoms with van der Waals surface area (Å²) in [5, 5.41) is 0. The molecule has 0 unspecified atom stereocenters. The van der Waals surface area contributed by atoms with Gasteiger partial charge in [0.2, 0.25) is 5.91 Å². The largest absolute Gasteiger partial charge is 0.488 e. The van der Waals surface area contributed by atoms with Gasteiger partial charge >= 0.3 is 0 Å². The van der Waals surface area contributed by atoms with Gasteiger partial charge in [-0.1, -0.05) is 12.1 Å². The van der Waals surface area contributed by atoms with Gasteiger partial charge in [0.05, 0.1) is 6.42 Å². The highest BCUT2D eigenvalue weighted by Gasteiger charge is 2.26. The van der Waals surface area contributed by atoms with Gasteiger partial charge in [0.25, 0.3) is 0 Å². The number of carbonyl (C=O) groups is 1. The first kappa shape index (κ1) is 11.9. The molecule has 0 fully saturated rings. The number of carbonyl (C=O) groups excluding carboxylic acids is 1. The van der Waals surface area contributed by atoms with Crippen LogP contribution in [0.15, 0.2) is 18.2 Å². The van der Waals surface area contributed by atoms with Gasteiger partial charge in [0.1, 0.15) is 11.4 Å². The van der Waals surface area contributed by atoms with Crippen molar-refractivity contribution in [2.75, 3.05) is 0 Å². The van der Waals surface area contributed by atoms with Crippen LogP contribution in [-0.2, 0) is 17.6 Å². The highest BCUT2D eigenvalue weighted by molar-refractivity contribution is 5.78. The van der Waals surface area contributed by atoms with Crippen LogP contribution in [0.3, 0.4) is 0 Å². The maximum Gasteiger partial charge on any atom is 0.238 e. The van der Waals surface area contributed by atoms with Crippen molar-refractivity contribution in [1.82, 2.24) is 5.43 Å². The summed E-state index contributed by atoms with van der Waals surface area (Å²) in [6, 6.07) is 5.88. The van der Waals surface area contributed by atoms with E-state index in [-0.39, 0.29) is 11.5 Å². The van der Waals surface area contributed by atoms with Gasteiger partial charge in [-0.05, 0) is 43.9 Å². The van der Waals surface area contributed by atoms with Crippen molar-refractivity contribution in [2.24, 2.45) is 5.84 Å². The van der Waals surface area contributed by atoms with Crippen LogP contribution in [0.2, 0.25) is 0 Å². The molecule has 0 atom stereocenters. The number of aryl methyl sites for hydroxylation is 1. The summed E-state index contributed by atoms with van der Waals surface area (Å²) in [5.41, 5.74) is 4.18. The molecule has 1 aromatic rings. The van der Waals surface area contributed by atoms with Gasteiger partial charge in [-0.15, -0.1) is 0 Å². The molecule has 0 aliphatic carbocycles. The summed E-state index contributed by atoms with van der Waals surface area (Å²) in [4.78, 5) is 11.2. The average molecular weight is 234 g/mol. The zero-order valence-electron chi connectivity index (χ0n) is 10.2. The molecule has 0 radical (unpaired) electrons. The summed E-state index contributed by atoms with van der Waals surface area (Å²) in [6.45, 7) is 4.18. The Balaban J connectivity index is 2.18. The highest BCUT2D eigenvalue weighted by atomic mass is 16.5. The Morgan fingerprint density at radius 1 is 1.53 bits per heavy atom. The number of nitrogens with two attached hydrogens (primary N) is 1. The standard InChI is InChI=1S/C13H18N2O2/c1-13(2)6-5-10-7-9(8-12(16)15-14)3-4-11(10)17-13/h3-4,7H,5-6,8,14H2,1-2H3,(H,15,16). The normalized spacial score (nSPS) is 16.9. The monoisotopic (exact) mass is 234 g/mol. The second kappa shape index (κ2) is 4.37. The van der Waals surface area contributed by atoms with Crippen LogP contribution in [0.25, 0.3) is 0 Å². The summed E-state index contributed by atoms with van der Waals surface area (Å²) in [5.74, 6) is 5.82. The Hall–Kier alpha value is -1.55. The van der Waals surface area contributed by atoms with E-state index < -0.39 is 0 Å². The number of hydrazine groups is 1. The Labute approximate surface area is 101 Å². The second-order valence-electron chi connectivity index (χ2n) is 5.05. The molecular weight excluding hydrogens is 216 g/mol. The molecule has 0 saturated heterocycles. The number of hydrogen-bond acceptors (Lipinski definition) is 3. The Morgan fingerprint density at radius 2 is 2.29 bits per heavy atom. The minimum Gasteiger partial charge on any atom is -0.488 e. The van der Waals surface area contributed by atoms with Crippen LogP contribution in [0.1, 0.15) is 31.4 Å². The topological polar surface area (TPSA) is 64.4 Å². The second-order valence-corrected chi connectivity index (χ2v) is 5.05. The van der Waals surface area contributed by atoms with Crippen molar-refractivity contribution in [2.45, 2.75) is 38.7 Å². The van der Waals surface area contributed by atoms with Crippen LogP contribution in [0.5, 0.6) is 5.75 Å². The maximum absolute atomic E-state index is 11.2. The molecule has 0 bridgehead atoms. The highest BCUT2D eigenvalue weighted by Crippen LogP contribution is 2.33. The van der Waals surface area contributed by atoms with E-state index in [1.165, 1.54) is 5.56 Å². The van der Waals surface area contributed by atoms with Gasteiger partial charge in [-0.25, -0.2) is 5.84 Å². The molecule has 1 aromatic carbocycles. The van der Waals surface area contributed by atoms with E-state index in [0.29, 0.717) is 6.42 Å². The number of benzene rings is 1. The van der Waals surface area contributed by atoms with Crippen molar-refractivity contribution in [3.63, 3.8) is 0 Å². The van der Waals surface area contributed by atoms with Gasteiger partial charge < -0.3 is 4.74 Å². The molecule has 1 amide bonds. The molecule has 4 nitrogen and oxygen atoms in total. The van der Waals surface area contributed by atoms with Gasteiger partial charge in [0, 0.05) is 0 Å². The van der Waals surface area contributed by atoms with E-state index in [9.17, 15) is 4.79 Å². The number of amides is 1. The van der Waals surface area contributed by atoms with E-state index in [2.05, 4.69) is 19.3 Å². The van der Waals surface area contributed by atoms with Crippen molar-refractivity contribution in [1.29, 1.82) is 0 Å². The predicted molar refractivity (Wildman–Crippen MR) is 65.5 cm³/mol. The lowest BCUT2D eigenvalue weighted by Crippen LogP contribution is -2.33. The molecule has 1 aliphatic rings. The van der Waals surface area contributed by atoms with Crippen LogP contribution in [0.4, 0.5) is 0 Å². The van der Waals surface area contributed by atoms with E-state index >= 15 is 0 Å². The lowest BCUT2D eigenvalue weighted by atomic mass is 9.93. The van der Waals surface area contributed by atoms with Crippen LogP contribution in [-0.4, -0.2) is 11.5 Å². The smallest absolute Gasteiger partial charge is 0.238 e. The molecule has 1 aliphatic heterocycles. The first-order valence-corrected chi connectivity index (χ1v) is 5.80. The van der Waals surface area contributed by atoms with Crippen molar-refractivity contribution < 1.29 is 9.53 Å². The van der Waals surface area contributed by atoms with Crippen LogP contribution < -0.4 is 16.0 Å². The number of rotatable bonds is 2. The third kappa shape index (κ3) is 2.77. The summed E-state index contributed by atoms with van der Waals surface area (Å²) < 4.78 is 5.88. The van der Waals surface area contributed by atoms with Gasteiger partial charge in [-0.2, -0.15) is 0 Å². The first-order chi connectivity index (χ1) is 8.00. The average Bonchev–Trinajstić information content (AvgIpc) is 2.28. The number of ether oxygens (including phenoxy) is 1. The minimum atomic E-state index is -0.179. The summed E-state index contributed by atoms with van der Waals surface area (Å²) in [6.07, 6.45) is 2.29. The lowest BCUT2D eigenvalue weighted by molar-refractivity contribution is -0.120. The molecule has 0 aromatic heterocycles. The summed E-state index contributed by atoms with van der Waals surface area (Å²) >= 11 is 0. The van der Waals surface area contributed by atoms with E-state index in [1.54, 1.807) is 0 Å². The fourth-order valence-electron chi connectivity index (χ4n) is 2.06. The number of hydrogen-bond donors (Lipinski definition) is 2. The molecular formula is C13H18N2O2. The molecule has 4 heteroatoms. The minimum absolute atomic E-state index is 0.0941. The Kier molecular flexibility index (Phi) is 3.07. The molecule has 92 valence electrons. The van der Waals surface area contributed by atoms with Crippen molar-refractivity contribution in [3.8, 4) is 5.75 Å². The van der Waals surface area contributed by atoms with Crippen molar-refractivity contribution >= 4 is 5.91 Å². The fraction of sp³-hybridized carbons (Fsp3) is 0.462. The van der Waals surface area contributed by atoms with Crippen molar-refractivity contribution in [3.05, 3.63) is 29.3 Å². The molecule has 3 N–H and O–H groups in total. The predicted octanol–water partition coefficient (Wildman–Crippen LogP) is 1.32.